The van der Waals surface area contributed by atoms with Gasteiger partial charge in [0.25, 0.3) is 0 Å². The van der Waals surface area contributed by atoms with Crippen molar-refractivity contribution >= 4 is 48.2 Å². The van der Waals surface area contributed by atoms with Gasteiger partial charge >= 0.3 is 0 Å². The fraction of sp³-hybridized carbons (Fsp3) is 0.562. The lowest BCUT2D eigenvalue weighted by molar-refractivity contribution is -0.118. The highest BCUT2D eigenvalue weighted by molar-refractivity contribution is 7.99. The number of rotatable bonds is 6. The molecule has 3 N–H and O–H groups in total. The number of carbonyl (C=O) groups is 1. The second-order valence-corrected chi connectivity index (χ2v) is 6.81. The van der Waals surface area contributed by atoms with Crippen molar-refractivity contribution in [3.8, 4) is 0 Å². The van der Waals surface area contributed by atoms with E-state index in [0.29, 0.717) is 0 Å². The number of carbonyl (C=O) groups excluding carboxylic acids is 1. The number of nitrogens with zero attached hydrogens (tertiary/aromatic N) is 1. The van der Waals surface area contributed by atoms with Crippen LogP contribution < -0.4 is 11.1 Å². The van der Waals surface area contributed by atoms with Crippen LogP contribution in [0.15, 0.2) is 18.2 Å². The van der Waals surface area contributed by atoms with Crippen LogP contribution in [0.2, 0.25) is 0 Å². The van der Waals surface area contributed by atoms with E-state index in [0.717, 1.165) is 30.9 Å². The van der Waals surface area contributed by atoms with Gasteiger partial charge in [-0.2, -0.15) is 11.8 Å². The first kappa shape index (κ1) is 23.5. The molecule has 5 nitrogen and oxygen atoms in total. The minimum absolute atomic E-state index is 0. The zero-order valence-electron chi connectivity index (χ0n) is 14.1. The van der Waals surface area contributed by atoms with Crippen LogP contribution in [-0.4, -0.2) is 55.2 Å². The summed E-state index contributed by atoms with van der Waals surface area (Å²) in [6.45, 7) is 5.38. The van der Waals surface area contributed by atoms with Gasteiger partial charge in [0.1, 0.15) is 6.04 Å². The summed E-state index contributed by atoms with van der Waals surface area (Å²) in [7, 11) is 1.54. The highest BCUT2D eigenvalue weighted by Gasteiger charge is 2.15. The van der Waals surface area contributed by atoms with E-state index in [2.05, 4.69) is 22.3 Å². The van der Waals surface area contributed by atoms with Gasteiger partial charge in [-0.05, 0) is 24.1 Å². The number of hydrogen-bond donors (Lipinski definition) is 2. The summed E-state index contributed by atoms with van der Waals surface area (Å²) in [6, 6.07) is 5.58. The lowest BCUT2D eigenvalue weighted by atomic mass is 10.1. The van der Waals surface area contributed by atoms with Gasteiger partial charge in [0.05, 0.1) is 6.61 Å². The number of anilines is 1. The Labute approximate surface area is 160 Å². The molecule has 1 fully saturated rings. The van der Waals surface area contributed by atoms with E-state index in [1.807, 2.05) is 24.8 Å². The second-order valence-electron chi connectivity index (χ2n) is 5.59. The number of methoxy groups -OCH3 is 1. The first-order chi connectivity index (χ1) is 10.6. The first-order valence-electron chi connectivity index (χ1n) is 7.55. The predicted molar refractivity (Wildman–Crippen MR) is 107 cm³/mol. The van der Waals surface area contributed by atoms with Gasteiger partial charge in [-0.25, -0.2) is 0 Å². The third-order valence-corrected chi connectivity index (χ3v) is 4.70. The molecule has 1 aliphatic rings. The lowest BCUT2D eigenvalue weighted by Gasteiger charge is -2.26. The number of hydrogen-bond acceptors (Lipinski definition) is 5. The number of nitrogens with one attached hydrogen (secondary N) is 1. The van der Waals surface area contributed by atoms with E-state index >= 15 is 0 Å². The molecule has 0 spiro atoms. The largest absolute Gasteiger partial charge is 0.383 e. The predicted octanol–water partition coefficient (Wildman–Crippen LogP) is 2.30. The van der Waals surface area contributed by atoms with E-state index in [1.165, 1.54) is 24.2 Å². The molecule has 1 saturated heterocycles. The molecular weight excluding hydrogens is 369 g/mol. The van der Waals surface area contributed by atoms with Gasteiger partial charge in [0.2, 0.25) is 5.91 Å². The number of ether oxygens (including phenoxy) is 1. The quantitative estimate of drug-likeness (QED) is 0.773. The van der Waals surface area contributed by atoms with Gasteiger partial charge in [-0.1, -0.05) is 12.1 Å². The molecule has 1 aromatic carbocycles. The zero-order chi connectivity index (χ0) is 15.9. The van der Waals surface area contributed by atoms with Crippen LogP contribution in [-0.2, 0) is 16.1 Å². The third-order valence-electron chi connectivity index (χ3n) is 3.75. The number of amides is 1. The number of nitrogens with two attached hydrogens (primary N) is 1. The highest BCUT2D eigenvalue weighted by Crippen LogP contribution is 2.20. The average molecular weight is 396 g/mol. The molecule has 1 atom stereocenters. The van der Waals surface area contributed by atoms with Crippen molar-refractivity contribution in [2.45, 2.75) is 19.5 Å². The van der Waals surface area contributed by atoms with Crippen molar-refractivity contribution in [2.75, 3.05) is 43.6 Å². The van der Waals surface area contributed by atoms with Crippen LogP contribution in [0.4, 0.5) is 5.69 Å². The van der Waals surface area contributed by atoms with Crippen molar-refractivity contribution in [1.29, 1.82) is 0 Å². The Balaban J connectivity index is 0.00000264. The fourth-order valence-electron chi connectivity index (χ4n) is 2.40. The van der Waals surface area contributed by atoms with Crippen LogP contribution in [0.5, 0.6) is 0 Å². The lowest BCUT2D eigenvalue weighted by Crippen LogP contribution is -2.39. The van der Waals surface area contributed by atoms with E-state index in [9.17, 15) is 4.79 Å². The molecule has 1 heterocycles. The van der Waals surface area contributed by atoms with Gasteiger partial charge in [0.15, 0.2) is 0 Å². The van der Waals surface area contributed by atoms with Crippen LogP contribution >= 0.6 is 36.6 Å². The summed E-state index contributed by atoms with van der Waals surface area (Å²) in [6.07, 6.45) is 0. The second kappa shape index (κ2) is 12.0. The SMILES string of the molecule is COCC(N)C(=O)Nc1cc(CN2CCSCC2)ccc1C.Cl.Cl. The van der Waals surface area contributed by atoms with Crippen LogP contribution in [0.25, 0.3) is 0 Å². The molecule has 8 heteroatoms. The molecule has 0 saturated carbocycles. The summed E-state index contributed by atoms with van der Waals surface area (Å²) in [4.78, 5) is 14.5. The molecule has 0 aromatic heterocycles. The van der Waals surface area contributed by atoms with Crippen molar-refractivity contribution in [2.24, 2.45) is 5.73 Å². The molecule has 0 bridgehead atoms. The molecular formula is C16H27Cl2N3O2S. The molecule has 1 aliphatic heterocycles. The van der Waals surface area contributed by atoms with Crippen molar-refractivity contribution < 1.29 is 9.53 Å². The average Bonchev–Trinajstić information content (AvgIpc) is 2.52. The minimum atomic E-state index is -0.646. The third kappa shape index (κ3) is 7.17. The van der Waals surface area contributed by atoms with Crippen LogP contribution in [0, 0.1) is 6.92 Å². The van der Waals surface area contributed by atoms with Crippen molar-refractivity contribution in [3.05, 3.63) is 29.3 Å². The molecule has 0 radical (unpaired) electrons. The zero-order valence-corrected chi connectivity index (χ0v) is 16.6. The highest BCUT2D eigenvalue weighted by atomic mass is 35.5. The fourth-order valence-corrected chi connectivity index (χ4v) is 3.38. The first-order valence-corrected chi connectivity index (χ1v) is 8.70. The Bertz CT molecular complexity index is 514. The maximum atomic E-state index is 12.0. The van der Waals surface area contributed by atoms with E-state index in [-0.39, 0.29) is 37.3 Å². The van der Waals surface area contributed by atoms with Gasteiger partial charge in [-0.3, -0.25) is 9.69 Å². The number of halogens is 2. The normalized spacial score (nSPS) is 15.8. The Hall–Kier alpha value is -0.500. The molecule has 2 rings (SSSR count). The smallest absolute Gasteiger partial charge is 0.243 e. The summed E-state index contributed by atoms with van der Waals surface area (Å²) in [5.74, 6) is 2.18. The standard InChI is InChI=1S/C16H25N3O2S.2ClH/c1-12-3-4-13(10-19-5-7-22-8-6-19)9-15(12)18-16(20)14(17)11-21-2;;/h3-4,9,14H,5-8,10-11,17H2,1-2H3,(H,18,20);2*1H. The van der Waals surface area contributed by atoms with Gasteiger partial charge in [-0.15, -0.1) is 24.8 Å². The number of thioether (sulfide) groups is 1. The molecule has 1 unspecified atom stereocenters. The summed E-state index contributed by atoms with van der Waals surface area (Å²) in [5, 5.41) is 2.91. The Kier molecular flexibility index (Phi) is 11.7. The molecule has 24 heavy (non-hydrogen) atoms. The Morgan fingerprint density at radius 2 is 2.04 bits per heavy atom. The molecule has 1 amide bonds. The summed E-state index contributed by atoms with van der Waals surface area (Å²) >= 11 is 2.01. The van der Waals surface area contributed by atoms with Crippen LogP contribution in [0.1, 0.15) is 11.1 Å². The van der Waals surface area contributed by atoms with E-state index < -0.39 is 6.04 Å². The topological polar surface area (TPSA) is 67.6 Å². The van der Waals surface area contributed by atoms with Crippen LogP contribution in [0.3, 0.4) is 0 Å². The minimum Gasteiger partial charge on any atom is -0.383 e. The number of benzene rings is 1. The Morgan fingerprint density at radius 1 is 1.38 bits per heavy atom. The van der Waals surface area contributed by atoms with Gasteiger partial charge < -0.3 is 15.8 Å². The van der Waals surface area contributed by atoms with E-state index in [1.54, 1.807) is 0 Å². The molecule has 1 aromatic rings. The molecule has 0 aliphatic carbocycles. The van der Waals surface area contributed by atoms with Gasteiger partial charge in [0, 0.05) is 43.9 Å². The Morgan fingerprint density at radius 3 is 2.67 bits per heavy atom. The van der Waals surface area contributed by atoms with E-state index in [4.69, 9.17) is 10.5 Å². The number of aryl methyl sites for hydroxylation is 1. The summed E-state index contributed by atoms with van der Waals surface area (Å²) < 4.78 is 4.92. The summed E-state index contributed by atoms with van der Waals surface area (Å²) in [5.41, 5.74) is 8.85. The maximum absolute atomic E-state index is 12.0. The van der Waals surface area contributed by atoms with Crippen molar-refractivity contribution in [1.82, 2.24) is 4.90 Å². The van der Waals surface area contributed by atoms with Crippen molar-refractivity contribution in [3.63, 3.8) is 0 Å². The monoisotopic (exact) mass is 395 g/mol. The maximum Gasteiger partial charge on any atom is 0.243 e. The molecule has 138 valence electrons.